The fourth-order valence-electron chi connectivity index (χ4n) is 1.52. The summed E-state index contributed by atoms with van der Waals surface area (Å²) in [6, 6.07) is 8.49. The van der Waals surface area contributed by atoms with Gasteiger partial charge >= 0.3 is 0 Å². The first-order valence-electron chi connectivity index (χ1n) is 4.78. The monoisotopic (exact) mass is 213 g/mol. The van der Waals surface area contributed by atoms with E-state index in [-0.39, 0.29) is 18.6 Å². The number of hydrogen-bond donors (Lipinski definition) is 1. The lowest BCUT2D eigenvalue weighted by Gasteiger charge is -2.24. The normalized spacial score (nSPS) is 21.4. The second kappa shape index (κ2) is 5.35. The SMILES string of the molecule is Cc1ccc(C2NCCCO2)cc1.Cl. The van der Waals surface area contributed by atoms with Crippen LogP contribution in [0.5, 0.6) is 0 Å². The molecule has 78 valence electrons. The van der Waals surface area contributed by atoms with Gasteiger partial charge in [0.05, 0.1) is 6.61 Å². The van der Waals surface area contributed by atoms with Gasteiger partial charge in [0, 0.05) is 6.54 Å². The van der Waals surface area contributed by atoms with Crippen molar-refractivity contribution in [2.24, 2.45) is 0 Å². The molecule has 14 heavy (non-hydrogen) atoms. The highest BCUT2D eigenvalue weighted by Crippen LogP contribution is 2.17. The van der Waals surface area contributed by atoms with Gasteiger partial charge in [-0.15, -0.1) is 12.4 Å². The summed E-state index contributed by atoms with van der Waals surface area (Å²) in [5, 5.41) is 3.33. The van der Waals surface area contributed by atoms with Crippen LogP contribution in [0, 0.1) is 6.92 Å². The number of benzene rings is 1. The fraction of sp³-hybridized carbons (Fsp3) is 0.455. The van der Waals surface area contributed by atoms with E-state index in [2.05, 4.69) is 36.5 Å². The molecule has 1 unspecified atom stereocenters. The van der Waals surface area contributed by atoms with Crippen LogP contribution in [0.3, 0.4) is 0 Å². The summed E-state index contributed by atoms with van der Waals surface area (Å²) in [7, 11) is 0. The summed E-state index contributed by atoms with van der Waals surface area (Å²) in [6.07, 6.45) is 1.22. The van der Waals surface area contributed by atoms with Crippen LogP contribution in [0.25, 0.3) is 0 Å². The first-order valence-corrected chi connectivity index (χ1v) is 4.78. The molecular formula is C11H16ClNO. The Morgan fingerprint density at radius 1 is 1.29 bits per heavy atom. The van der Waals surface area contributed by atoms with Crippen molar-refractivity contribution in [2.75, 3.05) is 13.2 Å². The quantitative estimate of drug-likeness (QED) is 0.774. The van der Waals surface area contributed by atoms with Crippen LogP contribution < -0.4 is 5.32 Å². The topological polar surface area (TPSA) is 21.3 Å². The predicted octanol–water partition coefficient (Wildman–Crippen LogP) is 2.43. The number of aryl methyl sites for hydroxylation is 1. The third-order valence-corrected chi connectivity index (χ3v) is 2.32. The lowest BCUT2D eigenvalue weighted by molar-refractivity contribution is -0.000316. The molecule has 0 bridgehead atoms. The average Bonchev–Trinajstić information content (AvgIpc) is 2.20. The molecule has 2 nitrogen and oxygen atoms in total. The van der Waals surface area contributed by atoms with E-state index in [1.54, 1.807) is 0 Å². The van der Waals surface area contributed by atoms with Crippen LogP contribution in [0.2, 0.25) is 0 Å². The molecule has 0 aromatic heterocycles. The molecule has 1 aromatic rings. The van der Waals surface area contributed by atoms with E-state index in [1.165, 1.54) is 11.1 Å². The van der Waals surface area contributed by atoms with E-state index in [4.69, 9.17) is 4.74 Å². The fourth-order valence-corrected chi connectivity index (χ4v) is 1.52. The first kappa shape index (κ1) is 11.5. The Morgan fingerprint density at radius 2 is 2.00 bits per heavy atom. The molecule has 1 fully saturated rings. The van der Waals surface area contributed by atoms with Gasteiger partial charge in [-0.25, -0.2) is 0 Å². The lowest BCUT2D eigenvalue weighted by atomic mass is 10.1. The van der Waals surface area contributed by atoms with Crippen LogP contribution in [-0.4, -0.2) is 13.2 Å². The van der Waals surface area contributed by atoms with Crippen molar-refractivity contribution in [2.45, 2.75) is 19.6 Å². The van der Waals surface area contributed by atoms with Crippen LogP contribution >= 0.6 is 12.4 Å². The van der Waals surface area contributed by atoms with Crippen molar-refractivity contribution >= 4 is 12.4 Å². The van der Waals surface area contributed by atoms with Gasteiger partial charge in [0.25, 0.3) is 0 Å². The third-order valence-electron chi connectivity index (χ3n) is 2.32. The van der Waals surface area contributed by atoms with E-state index in [0.29, 0.717) is 0 Å². The molecule has 0 radical (unpaired) electrons. The van der Waals surface area contributed by atoms with Crippen molar-refractivity contribution in [1.82, 2.24) is 5.32 Å². The number of nitrogens with one attached hydrogen (secondary N) is 1. The molecule has 3 heteroatoms. The zero-order valence-corrected chi connectivity index (χ0v) is 9.14. The zero-order valence-electron chi connectivity index (χ0n) is 8.32. The van der Waals surface area contributed by atoms with Crippen molar-refractivity contribution < 1.29 is 4.74 Å². The van der Waals surface area contributed by atoms with Gasteiger partial charge in [-0.1, -0.05) is 29.8 Å². The van der Waals surface area contributed by atoms with Gasteiger partial charge in [-0.2, -0.15) is 0 Å². The zero-order chi connectivity index (χ0) is 9.10. The second-order valence-electron chi connectivity index (χ2n) is 3.47. The Kier molecular flexibility index (Phi) is 4.39. The van der Waals surface area contributed by atoms with Crippen LogP contribution in [-0.2, 0) is 4.74 Å². The largest absolute Gasteiger partial charge is 0.359 e. The van der Waals surface area contributed by atoms with Crippen LogP contribution in [0.1, 0.15) is 23.8 Å². The van der Waals surface area contributed by atoms with E-state index < -0.39 is 0 Å². The molecule has 0 amide bonds. The molecule has 0 aliphatic carbocycles. The average molecular weight is 214 g/mol. The number of ether oxygens (including phenoxy) is 1. The van der Waals surface area contributed by atoms with Gasteiger partial charge in [-0.05, 0) is 18.9 Å². The summed E-state index contributed by atoms with van der Waals surface area (Å²) >= 11 is 0. The molecule has 0 spiro atoms. The van der Waals surface area contributed by atoms with Gasteiger partial charge in [0.2, 0.25) is 0 Å². The van der Waals surface area contributed by atoms with E-state index in [0.717, 1.165) is 19.6 Å². The van der Waals surface area contributed by atoms with E-state index in [1.807, 2.05) is 0 Å². The summed E-state index contributed by atoms with van der Waals surface area (Å²) in [4.78, 5) is 0. The summed E-state index contributed by atoms with van der Waals surface area (Å²) < 4.78 is 5.59. The van der Waals surface area contributed by atoms with Gasteiger partial charge < -0.3 is 4.74 Å². The molecule has 1 N–H and O–H groups in total. The van der Waals surface area contributed by atoms with Crippen molar-refractivity contribution in [3.8, 4) is 0 Å². The smallest absolute Gasteiger partial charge is 0.134 e. The maximum atomic E-state index is 5.59. The molecule has 1 saturated heterocycles. The summed E-state index contributed by atoms with van der Waals surface area (Å²) in [5.74, 6) is 0. The molecule has 1 aliphatic heterocycles. The maximum absolute atomic E-state index is 5.59. The van der Waals surface area contributed by atoms with Crippen molar-refractivity contribution in [3.05, 3.63) is 35.4 Å². The third kappa shape index (κ3) is 2.71. The van der Waals surface area contributed by atoms with E-state index >= 15 is 0 Å². The highest BCUT2D eigenvalue weighted by Gasteiger charge is 2.13. The van der Waals surface area contributed by atoms with Crippen molar-refractivity contribution in [1.29, 1.82) is 0 Å². The maximum Gasteiger partial charge on any atom is 0.134 e. The van der Waals surface area contributed by atoms with Gasteiger partial charge in [0.15, 0.2) is 0 Å². The number of hydrogen-bond acceptors (Lipinski definition) is 2. The minimum atomic E-state index is 0. The second-order valence-corrected chi connectivity index (χ2v) is 3.47. The Hall–Kier alpha value is -0.570. The summed E-state index contributed by atoms with van der Waals surface area (Å²) in [5.41, 5.74) is 2.52. The van der Waals surface area contributed by atoms with Gasteiger partial charge in [0.1, 0.15) is 6.23 Å². The lowest BCUT2D eigenvalue weighted by Crippen LogP contribution is -2.31. The van der Waals surface area contributed by atoms with Crippen LogP contribution in [0.4, 0.5) is 0 Å². The van der Waals surface area contributed by atoms with Gasteiger partial charge in [-0.3, -0.25) is 5.32 Å². The van der Waals surface area contributed by atoms with E-state index in [9.17, 15) is 0 Å². The highest BCUT2D eigenvalue weighted by molar-refractivity contribution is 5.85. The van der Waals surface area contributed by atoms with Crippen molar-refractivity contribution in [3.63, 3.8) is 0 Å². The first-order chi connectivity index (χ1) is 6.36. The number of rotatable bonds is 1. The minimum absolute atomic E-state index is 0. The molecular weight excluding hydrogens is 198 g/mol. The Morgan fingerprint density at radius 3 is 2.57 bits per heavy atom. The molecule has 0 saturated carbocycles. The highest BCUT2D eigenvalue weighted by atomic mass is 35.5. The molecule has 1 atom stereocenters. The summed E-state index contributed by atoms with van der Waals surface area (Å²) in [6.45, 7) is 4.02. The molecule has 1 aromatic carbocycles. The molecule has 1 aliphatic rings. The Labute approximate surface area is 91.1 Å². The predicted molar refractivity (Wildman–Crippen MR) is 59.7 cm³/mol. The van der Waals surface area contributed by atoms with Crippen LogP contribution in [0.15, 0.2) is 24.3 Å². The Bertz CT molecular complexity index is 267. The Balaban J connectivity index is 0.000000980. The number of halogens is 1. The standard InChI is InChI=1S/C11H15NO.ClH/c1-9-3-5-10(6-4-9)11-12-7-2-8-13-11;/h3-6,11-12H,2,7-8H2,1H3;1H. The molecule has 1 heterocycles. The molecule has 2 rings (SSSR count). The minimum Gasteiger partial charge on any atom is -0.359 e.